The number of nitrogens with zero attached hydrogens (tertiary/aromatic N) is 4. The molecule has 0 bridgehead atoms. The van der Waals surface area contributed by atoms with E-state index in [0.29, 0.717) is 44.2 Å². The van der Waals surface area contributed by atoms with Gasteiger partial charge in [-0.15, -0.1) is 0 Å². The Morgan fingerprint density at radius 2 is 1.88 bits per heavy atom. The molecule has 10 heteroatoms. The van der Waals surface area contributed by atoms with E-state index in [4.69, 9.17) is 14.7 Å². The van der Waals surface area contributed by atoms with Gasteiger partial charge in [0, 0.05) is 43.0 Å². The van der Waals surface area contributed by atoms with E-state index in [0.717, 1.165) is 35.7 Å². The van der Waals surface area contributed by atoms with Crippen LogP contribution in [0.5, 0.6) is 0 Å². The van der Waals surface area contributed by atoms with Gasteiger partial charge in [-0.1, -0.05) is 0 Å². The van der Waals surface area contributed by atoms with Gasteiger partial charge < -0.3 is 25.4 Å². The Morgan fingerprint density at radius 1 is 1.16 bits per heavy atom. The molecule has 1 unspecified atom stereocenters. The molecule has 1 fully saturated rings. The summed E-state index contributed by atoms with van der Waals surface area (Å²) in [5, 5.41) is 15.1. The largest absolute Gasteiger partial charge is 0.465 e. The predicted octanol–water partition coefficient (Wildman–Crippen LogP) is 2.72. The first-order valence-corrected chi connectivity index (χ1v) is 10.9. The van der Waals surface area contributed by atoms with Crippen LogP contribution in [0.15, 0.2) is 24.3 Å². The number of rotatable bonds is 4. The van der Waals surface area contributed by atoms with Crippen molar-refractivity contribution in [1.82, 2.24) is 20.2 Å². The summed E-state index contributed by atoms with van der Waals surface area (Å²) in [6, 6.07) is 6.69. The van der Waals surface area contributed by atoms with Gasteiger partial charge in [-0.3, -0.25) is 4.90 Å². The first kappa shape index (κ1) is 21.8. The Balaban J connectivity index is 1.71. The molecule has 10 nitrogen and oxygen atoms in total. The number of benzene rings is 1. The molecule has 2 aromatic rings. The number of amides is 3. The minimum absolute atomic E-state index is 0.262. The second kappa shape index (κ2) is 9.39. The average molecular weight is 441 g/mol. The van der Waals surface area contributed by atoms with E-state index in [2.05, 4.69) is 15.5 Å². The standard InChI is InChI=1S/C22H28N6O4/c1-3-23-21(29)24-16-6-4-15(5-7-16)19-25-18-14(2)28(22(30)31)9-8-17(18)20(26-19)27-10-12-32-13-11-27/h4-7,14H,3,8-13H2,1-2H3,(H,30,31)(H2,23,24,29). The molecule has 0 radical (unpaired) electrons. The SMILES string of the molecule is CCNC(=O)Nc1ccc(-c2nc3c(c(N4CCOCC4)n2)CCN(C(=O)O)C3C)cc1. The fourth-order valence-corrected chi connectivity index (χ4v) is 4.11. The van der Waals surface area contributed by atoms with Crippen molar-refractivity contribution in [3.8, 4) is 11.4 Å². The number of hydrogen-bond donors (Lipinski definition) is 3. The van der Waals surface area contributed by atoms with Gasteiger partial charge in [0.05, 0.1) is 24.9 Å². The second-order valence-corrected chi connectivity index (χ2v) is 7.80. The summed E-state index contributed by atoms with van der Waals surface area (Å²) in [5.41, 5.74) is 3.21. The maximum Gasteiger partial charge on any atom is 0.407 e. The van der Waals surface area contributed by atoms with Crippen LogP contribution in [0.2, 0.25) is 0 Å². The molecule has 0 spiro atoms. The fourth-order valence-electron chi connectivity index (χ4n) is 4.11. The Kier molecular flexibility index (Phi) is 6.40. The van der Waals surface area contributed by atoms with Crippen LogP contribution in [-0.2, 0) is 11.2 Å². The number of morpholine rings is 1. The molecule has 0 aliphatic carbocycles. The molecule has 3 N–H and O–H groups in total. The van der Waals surface area contributed by atoms with Crippen molar-refractivity contribution in [2.75, 3.05) is 49.6 Å². The third-order valence-electron chi connectivity index (χ3n) is 5.78. The minimum atomic E-state index is -0.947. The van der Waals surface area contributed by atoms with Crippen molar-refractivity contribution >= 4 is 23.6 Å². The van der Waals surface area contributed by atoms with E-state index in [1.165, 1.54) is 4.90 Å². The third-order valence-corrected chi connectivity index (χ3v) is 5.78. The van der Waals surface area contributed by atoms with E-state index in [1.807, 2.05) is 26.0 Å². The predicted molar refractivity (Wildman–Crippen MR) is 120 cm³/mol. The highest BCUT2D eigenvalue weighted by atomic mass is 16.5. The molecule has 4 rings (SSSR count). The highest BCUT2D eigenvalue weighted by molar-refractivity contribution is 5.89. The van der Waals surface area contributed by atoms with Gasteiger partial charge in [-0.2, -0.15) is 0 Å². The lowest BCUT2D eigenvalue weighted by atomic mass is 9.98. The molecular formula is C22H28N6O4. The normalized spacial score (nSPS) is 18.1. The zero-order valence-electron chi connectivity index (χ0n) is 18.3. The smallest absolute Gasteiger partial charge is 0.407 e. The summed E-state index contributed by atoms with van der Waals surface area (Å²) in [6.45, 7) is 7.41. The molecule has 32 heavy (non-hydrogen) atoms. The van der Waals surface area contributed by atoms with Crippen LogP contribution in [0.4, 0.5) is 21.1 Å². The Morgan fingerprint density at radius 3 is 2.53 bits per heavy atom. The van der Waals surface area contributed by atoms with E-state index in [-0.39, 0.29) is 12.1 Å². The van der Waals surface area contributed by atoms with Gasteiger partial charge >= 0.3 is 12.1 Å². The van der Waals surface area contributed by atoms with Crippen molar-refractivity contribution in [3.05, 3.63) is 35.5 Å². The first-order valence-electron chi connectivity index (χ1n) is 10.9. The minimum Gasteiger partial charge on any atom is -0.465 e. The van der Waals surface area contributed by atoms with Crippen LogP contribution in [0.1, 0.15) is 31.1 Å². The summed E-state index contributed by atoms with van der Waals surface area (Å²) in [4.78, 5) is 36.8. The van der Waals surface area contributed by atoms with Crippen molar-refractivity contribution in [1.29, 1.82) is 0 Å². The van der Waals surface area contributed by atoms with Gasteiger partial charge in [0.2, 0.25) is 0 Å². The molecule has 0 saturated carbocycles. The number of fused-ring (bicyclic) bond motifs is 1. The summed E-state index contributed by atoms with van der Waals surface area (Å²) in [5.74, 6) is 1.39. The molecular weight excluding hydrogens is 412 g/mol. The molecule has 2 aliphatic heterocycles. The zero-order chi connectivity index (χ0) is 22.7. The molecule has 170 valence electrons. The molecule has 1 atom stereocenters. The average Bonchev–Trinajstić information content (AvgIpc) is 2.80. The van der Waals surface area contributed by atoms with Gasteiger partial charge in [-0.25, -0.2) is 19.6 Å². The van der Waals surface area contributed by atoms with Crippen LogP contribution >= 0.6 is 0 Å². The van der Waals surface area contributed by atoms with Crippen molar-refractivity contribution in [3.63, 3.8) is 0 Å². The Labute approximate surface area is 186 Å². The quantitative estimate of drug-likeness (QED) is 0.669. The number of nitrogens with one attached hydrogen (secondary N) is 2. The summed E-state index contributed by atoms with van der Waals surface area (Å²) in [6.07, 6.45) is -0.369. The number of carbonyl (C=O) groups is 2. The highest BCUT2D eigenvalue weighted by Gasteiger charge is 2.33. The number of carboxylic acid groups (broad SMARTS) is 1. The molecule has 3 amide bonds. The van der Waals surface area contributed by atoms with Crippen molar-refractivity contribution in [2.45, 2.75) is 26.3 Å². The van der Waals surface area contributed by atoms with Crippen LogP contribution in [-0.4, -0.2) is 71.5 Å². The van der Waals surface area contributed by atoms with Crippen molar-refractivity contribution < 1.29 is 19.4 Å². The number of anilines is 2. The second-order valence-electron chi connectivity index (χ2n) is 7.80. The fraction of sp³-hybridized carbons (Fsp3) is 0.455. The van der Waals surface area contributed by atoms with Gasteiger partial charge in [0.1, 0.15) is 5.82 Å². The topological polar surface area (TPSA) is 120 Å². The highest BCUT2D eigenvalue weighted by Crippen LogP contribution is 2.35. The maximum atomic E-state index is 11.8. The number of aromatic nitrogens is 2. The van der Waals surface area contributed by atoms with Crippen LogP contribution in [0.3, 0.4) is 0 Å². The van der Waals surface area contributed by atoms with Crippen molar-refractivity contribution in [2.24, 2.45) is 0 Å². The molecule has 1 aromatic heterocycles. The van der Waals surface area contributed by atoms with E-state index in [1.54, 1.807) is 12.1 Å². The molecule has 1 saturated heterocycles. The summed E-state index contributed by atoms with van der Waals surface area (Å²) >= 11 is 0. The monoisotopic (exact) mass is 440 g/mol. The Hall–Kier alpha value is -3.40. The zero-order valence-corrected chi connectivity index (χ0v) is 18.3. The number of urea groups is 1. The lowest BCUT2D eigenvalue weighted by Gasteiger charge is -2.36. The van der Waals surface area contributed by atoms with Gasteiger partial charge in [0.15, 0.2) is 5.82 Å². The van der Waals surface area contributed by atoms with E-state index < -0.39 is 6.09 Å². The van der Waals surface area contributed by atoms with Crippen LogP contribution in [0.25, 0.3) is 11.4 Å². The number of hydrogen-bond acceptors (Lipinski definition) is 6. The lowest BCUT2D eigenvalue weighted by Crippen LogP contribution is -2.42. The molecule has 1 aromatic carbocycles. The molecule has 3 heterocycles. The number of carbonyl (C=O) groups excluding carboxylic acids is 1. The third kappa shape index (κ3) is 4.45. The first-order chi connectivity index (χ1) is 15.5. The summed E-state index contributed by atoms with van der Waals surface area (Å²) < 4.78 is 5.50. The van der Waals surface area contributed by atoms with E-state index in [9.17, 15) is 14.7 Å². The maximum absolute atomic E-state index is 11.8. The number of ether oxygens (including phenoxy) is 1. The van der Waals surface area contributed by atoms with Crippen LogP contribution in [0, 0.1) is 0 Å². The Bertz CT molecular complexity index is 991. The van der Waals surface area contributed by atoms with Gasteiger partial charge in [0.25, 0.3) is 0 Å². The summed E-state index contributed by atoms with van der Waals surface area (Å²) in [7, 11) is 0. The van der Waals surface area contributed by atoms with Crippen LogP contribution < -0.4 is 15.5 Å². The van der Waals surface area contributed by atoms with E-state index >= 15 is 0 Å². The van der Waals surface area contributed by atoms with Gasteiger partial charge in [-0.05, 0) is 44.5 Å². The lowest BCUT2D eigenvalue weighted by molar-refractivity contribution is 0.120. The molecule has 2 aliphatic rings.